The molecule has 0 aliphatic carbocycles. The van der Waals surface area contributed by atoms with Gasteiger partial charge in [-0.25, -0.2) is 0 Å². The van der Waals surface area contributed by atoms with Gasteiger partial charge in [-0.3, -0.25) is 4.79 Å². The highest BCUT2D eigenvalue weighted by Gasteiger charge is 2.23. The van der Waals surface area contributed by atoms with Crippen molar-refractivity contribution in [2.75, 3.05) is 14.1 Å². The number of carbonyl (C=O) groups is 1. The first-order valence-corrected chi connectivity index (χ1v) is 8.38. The first kappa shape index (κ1) is 17.8. The van der Waals surface area contributed by atoms with Gasteiger partial charge in [-0.05, 0) is 41.6 Å². The van der Waals surface area contributed by atoms with Crippen LogP contribution in [-0.4, -0.2) is 45.0 Å². The summed E-state index contributed by atoms with van der Waals surface area (Å²) in [4.78, 5) is 14.9. The van der Waals surface area contributed by atoms with Crippen LogP contribution in [0.5, 0.6) is 0 Å². The van der Waals surface area contributed by atoms with Gasteiger partial charge in [0.1, 0.15) is 0 Å². The Labute approximate surface area is 156 Å². The van der Waals surface area contributed by atoms with Crippen molar-refractivity contribution >= 4 is 23.0 Å². The molecule has 0 saturated heterocycles. The Hall–Kier alpha value is -2.99. The van der Waals surface area contributed by atoms with Crippen molar-refractivity contribution in [3.05, 3.63) is 76.7 Å². The van der Waals surface area contributed by atoms with Crippen LogP contribution in [0.1, 0.15) is 21.7 Å². The Bertz CT molecular complexity index is 960. The second-order valence-electron chi connectivity index (χ2n) is 6.07. The van der Waals surface area contributed by atoms with Crippen molar-refractivity contribution < 1.29 is 4.79 Å². The number of aryl methyl sites for hydroxylation is 1. The lowest BCUT2D eigenvalue weighted by Gasteiger charge is -2.12. The minimum Gasteiger partial charge on any atom is -0.383 e. The highest BCUT2D eigenvalue weighted by atomic mass is 35.5. The Balaban J connectivity index is 2.11. The van der Waals surface area contributed by atoms with Gasteiger partial charge < -0.3 is 4.90 Å². The molecule has 6 nitrogen and oxygen atoms in total. The molecule has 0 spiro atoms. The van der Waals surface area contributed by atoms with E-state index in [-0.39, 0.29) is 5.78 Å². The van der Waals surface area contributed by atoms with E-state index in [9.17, 15) is 4.79 Å². The van der Waals surface area contributed by atoms with Crippen LogP contribution in [0.4, 0.5) is 0 Å². The van der Waals surface area contributed by atoms with E-state index in [1.807, 2.05) is 45.3 Å². The number of ketones is 1. The average Bonchev–Trinajstić information content (AvgIpc) is 3.09. The molecule has 0 unspecified atom stereocenters. The second-order valence-corrected chi connectivity index (χ2v) is 6.47. The van der Waals surface area contributed by atoms with Gasteiger partial charge in [0.05, 0.1) is 16.3 Å². The van der Waals surface area contributed by atoms with E-state index >= 15 is 0 Å². The van der Waals surface area contributed by atoms with Gasteiger partial charge in [-0.2, -0.15) is 4.68 Å². The first-order valence-electron chi connectivity index (χ1n) is 8.00. The van der Waals surface area contributed by atoms with E-state index in [1.54, 1.807) is 40.0 Å². The molecule has 7 heteroatoms. The van der Waals surface area contributed by atoms with Crippen molar-refractivity contribution in [3.8, 4) is 5.69 Å². The summed E-state index contributed by atoms with van der Waals surface area (Å²) in [5.41, 5.74) is 2.65. The van der Waals surface area contributed by atoms with Crippen LogP contribution in [0, 0.1) is 6.92 Å². The highest BCUT2D eigenvalue weighted by Crippen LogP contribution is 2.25. The number of halogens is 1. The van der Waals surface area contributed by atoms with Crippen LogP contribution in [0.3, 0.4) is 0 Å². The summed E-state index contributed by atoms with van der Waals surface area (Å²) in [5.74, 6) is 0.111. The number of allylic oxidation sites excluding steroid dienone is 1. The minimum atomic E-state index is -0.243. The van der Waals surface area contributed by atoms with E-state index in [4.69, 9.17) is 11.6 Å². The third-order valence-electron chi connectivity index (χ3n) is 3.74. The van der Waals surface area contributed by atoms with Gasteiger partial charge >= 0.3 is 0 Å². The number of hydrogen-bond acceptors (Lipinski definition) is 5. The molecular formula is C19H18ClN5O. The fourth-order valence-electron chi connectivity index (χ4n) is 2.48. The highest BCUT2D eigenvalue weighted by molar-refractivity contribution is 6.38. The number of hydrogen-bond donors (Lipinski definition) is 0. The molecule has 0 bridgehead atoms. The van der Waals surface area contributed by atoms with Crippen molar-refractivity contribution in [1.29, 1.82) is 0 Å². The van der Waals surface area contributed by atoms with Crippen LogP contribution in [0.25, 0.3) is 11.3 Å². The standard InChI is InChI=1S/C19H18ClN5O/c1-13-8-10-14(11-9-13)25-19(21-22-23-25)16(12-24(2)3)18(26)15-6-4-5-7-17(15)20/h4-12H,1-3H3/b16-12+. The normalized spacial score (nSPS) is 11.5. The maximum atomic E-state index is 13.1. The number of aromatic nitrogens is 4. The summed E-state index contributed by atoms with van der Waals surface area (Å²) in [6.07, 6.45) is 1.70. The van der Waals surface area contributed by atoms with Crippen molar-refractivity contribution in [1.82, 2.24) is 25.1 Å². The summed E-state index contributed by atoms with van der Waals surface area (Å²) >= 11 is 6.22. The monoisotopic (exact) mass is 367 g/mol. The van der Waals surface area contributed by atoms with E-state index in [1.165, 1.54) is 0 Å². The molecule has 2 aromatic carbocycles. The topological polar surface area (TPSA) is 63.9 Å². The number of Topliss-reactive ketones (excluding diaryl/α,β-unsaturated/α-hetero) is 1. The molecule has 0 N–H and O–H groups in total. The molecule has 0 aliphatic rings. The Morgan fingerprint density at radius 3 is 2.46 bits per heavy atom. The van der Waals surface area contributed by atoms with E-state index in [0.29, 0.717) is 22.0 Å². The zero-order valence-corrected chi connectivity index (χ0v) is 15.5. The average molecular weight is 368 g/mol. The first-order chi connectivity index (χ1) is 12.5. The predicted octanol–water partition coefficient (Wildman–Crippen LogP) is 3.41. The molecule has 3 rings (SSSR count). The predicted molar refractivity (Wildman–Crippen MR) is 101 cm³/mol. The molecule has 26 heavy (non-hydrogen) atoms. The van der Waals surface area contributed by atoms with Gasteiger partial charge in [0, 0.05) is 25.9 Å². The molecule has 1 heterocycles. The van der Waals surface area contributed by atoms with Crippen LogP contribution in [0.2, 0.25) is 5.02 Å². The molecule has 1 aromatic heterocycles. The molecule has 0 fully saturated rings. The van der Waals surface area contributed by atoms with Gasteiger partial charge in [0.15, 0.2) is 11.6 Å². The van der Waals surface area contributed by atoms with Crippen molar-refractivity contribution in [3.63, 3.8) is 0 Å². The third kappa shape index (κ3) is 3.65. The summed E-state index contributed by atoms with van der Waals surface area (Å²) < 4.78 is 1.55. The third-order valence-corrected chi connectivity index (χ3v) is 4.07. The maximum absolute atomic E-state index is 13.1. The maximum Gasteiger partial charge on any atom is 0.199 e. The molecule has 0 radical (unpaired) electrons. The van der Waals surface area contributed by atoms with Crippen molar-refractivity contribution in [2.24, 2.45) is 0 Å². The quantitative estimate of drug-likeness (QED) is 0.510. The van der Waals surface area contributed by atoms with Crippen LogP contribution < -0.4 is 0 Å². The summed E-state index contributed by atoms with van der Waals surface area (Å²) in [7, 11) is 3.67. The van der Waals surface area contributed by atoms with Crippen LogP contribution in [0.15, 0.2) is 54.7 Å². The fraction of sp³-hybridized carbons (Fsp3) is 0.158. The number of tetrazole rings is 1. The summed E-state index contributed by atoms with van der Waals surface area (Å²) in [5, 5.41) is 12.3. The molecular weight excluding hydrogens is 350 g/mol. The molecule has 0 saturated carbocycles. The number of rotatable bonds is 5. The molecule has 3 aromatic rings. The zero-order valence-electron chi connectivity index (χ0n) is 14.7. The zero-order chi connectivity index (χ0) is 18.7. The second kappa shape index (κ2) is 7.49. The lowest BCUT2D eigenvalue weighted by Crippen LogP contribution is -2.14. The molecule has 132 valence electrons. The van der Waals surface area contributed by atoms with Crippen LogP contribution in [-0.2, 0) is 0 Å². The Kier molecular flexibility index (Phi) is 5.14. The molecule has 0 aliphatic heterocycles. The van der Waals surface area contributed by atoms with Gasteiger partial charge in [-0.1, -0.05) is 41.4 Å². The fourth-order valence-corrected chi connectivity index (χ4v) is 2.70. The van der Waals surface area contributed by atoms with Gasteiger partial charge in [0.25, 0.3) is 0 Å². The Morgan fingerprint density at radius 2 is 1.81 bits per heavy atom. The van der Waals surface area contributed by atoms with Gasteiger partial charge in [0.2, 0.25) is 0 Å². The summed E-state index contributed by atoms with van der Waals surface area (Å²) in [6.45, 7) is 2.00. The largest absolute Gasteiger partial charge is 0.383 e. The van der Waals surface area contributed by atoms with E-state index in [0.717, 1.165) is 11.3 Å². The molecule has 0 atom stereocenters. The number of nitrogens with zero attached hydrogens (tertiary/aromatic N) is 5. The number of carbonyl (C=O) groups excluding carboxylic acids is 1. The summed E-state index contributed by atoms with van der Waals surface area (Å²) in [6, 6.07) is 14.7. The van der Waals surface area contributed by atoms with Gasteiger partial charge in [-0.15, -0.1) is 5.10 Å². The molecule has 0 amide bonds. The lowest BCUT2D eigenvalue weighted by molar-refractivity contribution is 0.105. The minimum absolute atomic E-state index is 0.243. The number of benzene rings is 2. The smallest absolute Gasteiger partial charge is 0.199 e. The van der Waals surface area contributed by atoms with Crippen molar-refractivity contribution in [2.45, 2.75) is 6.92 Å². The SMILES string of the molecule is Cc1ccc(-n2nnnc2/C(=C/N(C)C)C(=O)c2ccccc2Cl)cc1. The van der Waals surface area contributed by atoms with Crippen LogP contribution >= 0.6 is 11.6 Å². The Morgan fingerprint density at radius 1 is 1.12 bits per heavy atom. The van der Waals surface area contributed by atoms with E-state index in [2.05, 4.69) is 15.5 Å². The van der Waals surface area contributed by atoms with E-state index < -0.39 is 0 Å². The lowest BCUT2D eigenvalue weighted by atomic mass is 10.0.